The molecule has 0 aromatic heterocycles. The second-order valence-corrected chi connectivity index (χ2v) is 7.39. The third-order valence-corrected chi connectivity index (χ3v) is 5.13. The summed E-state index contributed by atoms with van der Waals surface area (Å²) in [5, 5.41) is 0. The molecular formula is C22H25F3N2O2. The van der Waals surface area contributed by atoms with Gasteiger partial charge in [0.15, 0.2) is 6.10 Å². The lowest BCUT2D eigenvalue weighted by atomic mass is 10.1. The Morgan fingerprint density at radius 1 is 1.03 bits per heavy atom. The summed E-state index contributed by atoms with van der Waals surface area (Å²) in [6.45, 7) is 7.45. The first-order chi connectivity index (χ1) is 13.6. The van der Waals surface area contributed by atoms with Crippen LogP contribution in [0.5, 0.6) is 5.75 Å². The summed E-state index contributed by atoms with van der Waals surface area (Å²) >= 11 is 0. The van der Waals surface area contributed by atoms with E-state index >= 15 is 0 Å². The van der Waals surface area contributed by atoms with Crippen LogP contribution in [0.2, 0.25) is 0 Å². The molecule has 29 heavy (non-hydrogen) atoms. The number of hydrogen-bond acceptors (Lipinski definition) is 3. The predicted molar refractivity (Wildman–Crippen MR) is 106 cm³/mol. The van der Waals surface area contributed by atoms with E-state index in [4.69, 9.17) is 4.74 Å². The van der Waals surface area contributed by atoms with Gasteiger partial charge in [-0.05, 0) is 56.2 Å². The van der Waals surface area contributed by atoms with E-state index in [2.05, 4.69) is 0 Å². The van der Waals surface area contributed by atoms with Crippen LogP contribution in [0.4, 0.5) is 18.9 Å². The van der Waals surface area contributed by atoms with Crippen molar-refractivity contribution in [3.63, 3.8) is 0 Å². The van der Waals surface area contributed by atoms with Crippen molar-refractivity contribution in [1.82, 2.24) is 4.90 Å². The number of anilines is 1. The SMILES string of the molecule is Cc1ccc(C)c(O[C@@H](C)C(=O)N2CCN(c3cccc(C(F)(F)F)c3)CC2)c1. The van der Waals surface area contributed by atoms with Crippen LogP contribution in [0.1, 0.15) is 23.6 Å². The minimum atomic E-state index is -4.37. The molecule has 2 aromatic rings. The number of nitrogens with zero attached hydrogens (tertiary/aromatic N) is 2. The van der Waals surface area contributed by atoms with Gasteiger partial charge in [0.25, 0.3) is 5.91 Å². The molecule has 0 bridgehead atoms. The van der Waals surface area contributed by atoms with Crippen molar-refractivity contribution in [2.75, 3.05) is 31.1 Å². The van der Waals surface area contributed by atoms with Crippen LogP contribution in [-0.2, 0) is 11.0 Å². The summed E-state index contributed by atoms with van der Waals surface area (Å²) in [5.41, 5.74) is 1.88. The van der Waals surface area contributed by atoms with Crippen molar-refractivity contribution in [1.29, 1.82) is 0 Å². The summed E-state index contributed by atoms with van der Waals surface area (Å²) in [5.74, 6) is 0.572. The first kappa shape index (κ1) is 21.0. The van der Waals surface area contributed by atoms with E-state index in [0.29, 0.717) is 37.6 Å². The molecule has 3 rings (SSSR count). The highest BCUT2D eigenvalue weighted by Gasteiger charge is 2.31. The van der Waals surface area contributed by atoms with Crippen molar-refractivity contribution < 1.29 is 22.7 Å². The van der Waals surface area contributed by atoms with Crippen LogP contribution in [-0.4, -0.2) is 43.1 Å². The molecule has 0 aliphatic carbocycles. The minimum Gasteiger partial charge on any atom is -0.481 e. The lowest BCUT2D eigenvalue weighted by molar-refractivity contribution is -0.138. The number of piperazine rings is 1. The second kappa shape index (κ2) is 8.35. The van der Waals surface area contributed by atoms with Gasteiger partial charge in [0.1, 0.15) is 5.75 Å². The maximum Gasteiger partial charge on any atom is 0.416 e. The summed E-state index contributed by atoms with van der Waals surface area (Å²) in [4.78, 5) is 16.3. The van der Waals surface area contributed by atoms with Crippen LogP contribution < -0.4 is 9.64 Å². The van der Waals surface area contributed by atoms with Gasteiger partial charge in [0.05, 0.1) is 5.56 Å². The maximum atomic E-state index is 12.9. The third kappa shape index (κ3) is 5.02. The van der Waals surface area contributed by atoms with Gasteiger partial charge < -0.3 is 14.5 Å². The van der Waals surface area contributed by atoms with Crippen LogP contribution in [0.15, 0.2) is 42.5 Å². The Bertz CT molecular complexity index is 875. The van der Waals surface area contributed by atoms with Gasteiger partial charge >= 0.3 is 6.18 Å². The molecule has 0 spiro atoms. The van der Waals surface area contributed by atoms with E-state index in [-0.39, 0.29) is 5.91 Å². The molecule has 156 valence electrons. The maximum absolute atomic E-state index is 12.9. The number of aryl methyl sites for hydroxylation is 2. The number of benzene rings is 2. The van der Waals surface area contributed by atoms with Crippen molar-refractivity contribution in [3.8, 4) is 5.75 Å². The van der Waals surface area contributed by atoms with Crippen LogP contribution in [0.25, 0.3) is 0 Å². The number of halogens is 3. The lowest BCUT2D eigenvalue weighted by Crippen LogP contribution is -2.52. The van der Waals surface area contributed by atoms with Crippen molar-refractivity contribution in [2.24, 2.45) is 0 Å². The van der Waals surface area contributed by atoms with E-state index in [1.54, 1.807) is 17.9 Å². The van der Waals surface area contributed by atoms with E-state index in [9.17, 15) is 18.0 Å². The predicted octanol–water partition coefficient (Wildman–Crippen LogP) is 4.44. The normalized spacial score (nSPS) is 15.9. The van der Waals surface area contributed by atoms with Gasteiger partial charge in [-0.3, -0.25) is 4.79 Å². The topological polar surface area (TPSA) is 32.8 Å². The molecule has 1 aliphatic rings. The number of carbonyl (C=O) groups is 1. The van der Waals surface area contributed by atoms with Gasteiger partial charge in [-0.15, -0.1) is 0 Å². The molecule has 1 heterocycles. The molecule has 0 N–H and O–H groups in total. The Hall–Kier alpha value is -2.70. The standard InChI is InChI=1S/C22H25F3N2O2/c1-15-7-8-16(2)20(13-15)29-17(3)21(28)27-11-9-26(10-12-27)19-6-4-5-18(14-19)22(23,24)25/h4-8,13-14,17H,9-12H2,1-3H3/t17-/m0/s1. The molecule has 1 atom stereocenters. The Balaban J connectivity index is 1.60. The monoisotopic (exact) mass is 406 g/mol. The van der Waals surface area contributed by atoms with Crippen LogP contribution in [0.3, 0.4) is 0 Å². The van der Waals surface area contributed by atoms with Gasteiger partial charge in [-0.1, -0.05) is 18.2 Å². The molecule has 0 radical (unpaired) electrons. The fourth-order valence-electron chi connectivity index (χ4n) is 3.40. The zero-order chi connectivity index (χ0) is 21.2. The molecule has 1 saturated heterocycles. The molecular weight excluding hydrogens is 381 g/mol. The summed E-state index contributed by atoms with van der Waals surface area (Å²) in [7, 11) is 0. The van der Waals surface area contributed by atoms with E-state index in [1.165, 1.54) is 6.07 Å². The van der Waals surface area contributed by atoms with Crippen molar-refractivity contribution in [3.05, 3.63) is 59.2 Å². The number of amides is 1. The first-order valence-electron chi connectivity index (χ1n) is 9.60. The fourth-order valence-corrected chi connectivity index (χ4v) is 3.40. The zero-order valence-electron chi connectivity index (χ0n) is 16.8. The molecule has 0 unspecified atom stereocenters. The molecule has 0 saturated carbocycles. The number of rotatable bonds is 4. The van der Waals surface area contributed by atoms with Crippen molar-refractivity contribution in [2.45, 2.75) is 33.1 Å². The van der Waals surface area contributed by atoms with E-state index in [0.717, 1.165) is 23.3 Å². The quantitative estimate of drug-likeness (QED) is 0.753. The largest absolute Gasteiger partial charge is 0.481 e. The van der Waals surface area contributed by atoms with Gasteiger partial charge in [-0.2, -0.15) is 13.2 Å². The third-order valence-electron chi connectivity index (χ3n) is 5.13. The summed E-state index contributed by atoms with van der Waals surface area (Å²) in [6, 6.07) is 11.1. The molecule has 1 aliphatic heterocycles. The van der Waals surface area contributed by atoms with E-state index in [1.807, 2.05) is 36.9 Å². The molecule has 1 amide bonds. The highest BCUT2D eigenvalue weighted by Crippen LogP contribution is 2.32. The van der Waals surface area contributed by atoms with Crippen molar-refractivity contribution >= 4 is 11.6 Å². The molecule has 1 fully saturated rings. The highest BCUT2D eigenvalue weighted by molar-refractivity contribution is 5.81. The molecule has 4 nitrogen and oxygen atoms in total. The van der Waals surface area contributed by atoms with E-state index < -0.39 is 17.8 Å². The molecule has 7 heteroatoms. The zero-order valence-corrected chi connectivity index (χ0v) is 16.8. The average molecular weight is 406 g/mol. The summed E-state index contributed by atoms with van der Waals surface area (Å²) in [6.07, 6.45) is -5.00. The number of hydrogen-bond donors (Lipinski definition) is 0. The Kier molecular flexibility index (Phi) is 6.05. The van der Waals surface area contributed by atoms with Crippen LogP contribution in [0, 0.1) is 13.8 Å². The minimum absolute atomic E-state index is 0.116. The molecule has 2 aromatic carbocycles. The second-order valence-electron chi connectivity index (χ2n) is 7.39. The van der Waals surface area contributed by atoms with Gasteiger partial charge in [0, 0.05) is 31.9 Å². The summed E-state index contributed by atoms with van der Waals surface area (Å²) < 4.78 is 44.7. The first-order valence-corrected chi connectivity index (χ1v) is 9.60. The number of carbonyl (C=O) groups excluding carboxylic acids is 1. The Labute approximate surface area is 168 Å². The Morgan fingerprint density at radius 2 is 1.72 bits per heavy atom. The lowest BCUT2D eigenvalue weighted by Gasteiger charge is -2.37. The average Bonchev–Trinajstić information content (AvgIpc) is 2.69. The smallest absolute Gasteiger partial charge is 0.416 e. The fraction of sp³-hybridized carbons (Fsp3) is 0.409. The Morgan fingerprint density at radius 3 is 2.38 bits per heavy atom. The number of ether oxygens (including phenoxy) is 1. The number of alkyl halides is 3. The van der Waals surface area contributed by atoms with Crippen LogP contribution >= 0.6 is 0 Å². The highest BCUT2D eigenvalue weighted by atomic mass is 19.4. The van der Waals surface area contributed by atoms with Gasteiger partial charge in [0.2, 0.25) is 0 Å². The van der Waals surface area contributed by atoms with Gasteiger partial charge in [-0.25, -0.2) is 0 Å².